The molecule has 1 fully saturated rings. The first-order chi connectivity index (χ1) is 16.0. The van der Waals surface area contributed by atoms with Crippen LogP contribution in [0.3, 0.4) is 0 Å². The summed E-state index contributed by atoms with van der Waals surface area (Å²) in [6.07, 6.45) is 4.82. The summed E-state index contributed by atoms with van der Waals surface area (Å²) in [5.74, 6) is 1.10. The highest BCUT2D eigenvalue weighted by molar-refractivity contribution is 7.10. The Morgan fingerprint density at radius 3 is 2.61 bits per heavy atom. The smallest absolute Gasteiger partial charge is 0.275 e. The predicted octanol–water partition coefficient (Wildman–Crippen LogP) is 6.99. The van der Waals surface area contributed by atoms with Crippen molar-refractivity contribution in [2.24, 2.45) is 5.92 Å². The van der Waals surface area contributed by atoms with Gasteiger partial charge in [0.2, 0.25) is 0 Å². The highest BCUT2D eigenvalue weighted by atomic mass is 32.1. The highest BCUT2D eigenvalue weighted by Crippen LogP contribution is 2.32. The van der Waals surface area contributed by atoms with E-state index >= 15 is 0 Å². The minimum absolute atomic E-state index is 0.136. The lowest BCUT2D eigenvalue weighted by molar-refractivity contribution is 0.102. The van der Waals surface area contributed by atoms with E-state index in [9.17, 15) is 4.79 Å². The van der Waals surface area contributed by atoms with Crippen LogP contribution in [0.15, 0.2) is 53.9 Å². The summed E-state index contributed by atoms with van der Waals surface area (Å²) in [5, 5.41) is 6.11. The van der Waals surface area contributed by atoms with Gasteiger partial charge in [-0.15, -0.1) is 11.3 Å². The van der Waals surface area contributed by atoms with Crippen molar-refractivity contribution in [3.63, 3.8) is 0 Å². The molecule has 0 radical (unpaired) electrons. The van der Waals surface area contributed by atoms with Crippen LogP contribution >= 0.6 is 11.3 Å². The molecule has 1 saturated heterocycles. The molecule has 1 N–H and O–H groups in total. The van der Waals surface area contributed by atoms with Gasteiger partial charge >= 0.3 is 0 Å². The molecule has 0 bridgehead atoms. The maximum absolute atomic E-state index is 13.0. The van der Waals surface area contributed by atoms with E-state index in [-0.39, 0.29) is 5.91 Å². The second-order valence-corrected chi connectivity index (χ2v) is 10.3. The predicted molar refractivity (Wildman–Crippen MR) is 139 cm³/mol. The van der Waals surface area contributed by atoms with E-state index in [2.05, 4.69) is 55.3 Å². The maximum atomic E-state index is 13.0. The Kier molecular flexibility index (Phi) is 7.94. The van der Waals surface area contributed by atoms with Crippen LogP contribution < -0.4 is 5.32 Å². The standard InChI is InChI=1S/C28H35N3OS/c1-4-7-21(3)18-31-16-14-23(15-17-31)28-30-26(19-33-28)27(32)29-25-9-6-5-8-24(25)22-12-10-20(2)11-13-22/h5-6,8-13,19,21,23H,4,7,14-18H2,1-3H3,(H,29,32). The van der Waals surface area contributed by atoms with Gasteiger partial charge in [-0.1, -0.05) is 68.3 Å². The molecule has 1 atom stereocenters. The monoisotopic (exact) mass is 461 g/mol. The summed E-state index contributed by atoms with van der Waals surface area (Å²) in [7, 11) is 0. The number of thiazole rings is 1. The first-order valence-corrected chi connectivity index (χ1v) is 13.1. The molecule has 1 aliphatic rings. The number of anilines is 1. The number of nitrogens with zero attached hydrogens (tertiary/aromatic N) is 2. The zero-order valence-corrected chi connectivity index (χ0v) is 20.8. The van der Waals surface area contributed by atoms with Gasteiger partial charge in [-0.05, 0) is 56.8 Å². The lowest BCUT2D eigenvalue weighted by atomic mass is 9.96. The van der Waals surface area contributed by atoms with Crippen molar-refractivity contribution in [2.75, 3.05) is 25.0 Å². The fourth-order valence-electron chi connectivity index (χ4n) is 4.73. The number of para-hydroxylation sites is 1. The first-order valence-electron chi connectivity index (χ1n) is 12.2. The number of hydrogen-bond acceptors (Lipinski definition) is 4. The molecule has 0 spiro atoms. The van der Waals surface area contributed by atoms with E-state index < -0.39 is 0 Å². The molecular weight excluding hydrogens is 426 g/mol. The molecular formula is C28H35N3OS. The summed E-state index contributed by atoms with van der Waals surface area (Å²) in [6.45, 7) is 10.2. The molecule has 1 aliphatic heterocycles. The number of benzene rings is 2. The first kappa shape index (κ1) is 23.7. The number of carbonyl (C=O) groups excluding carboxylic acids is 1. The van der Waals surface area contributed by atoms with Crippen molar-refractivity contribution in [3.05, 3.63) is 70.2 Å². The number of hydrogen-bond donors (Lipinski definition) is 1. The number of piperidine rings is 1. The largest absolute Gasteiger partial charge is 0.320 e. The zero-order valence-electron chi connectivity index (χ0n) is 20.0. The average molecular weight is 462 g/mol. The Hall–Kier alpha value is -2.50. The number of carbonyl (C=O) groups is 1. The van der Waals surface area contributed by atoms with Gasteiger partial charge in [0.05, 0.1) is 5.01 Å². The van der Waals surface area contributed by atoms with Gasteiger partial charge in [0.15, 0.2) is 0 Å². The molecule has 0 aliphatic carbocycles. The molecule has 1 aromatic heterocycles. The Morgan fingerprint density at radius 1 is 1.15 bits per heavy atom. The molecule has 174 valence electrons. The minimum atomic E-state index is -0.136. The molecule has 2 heterocycles. The van der Waals surface area contributed by atoms with Gasteiger partial charge < -0.3 is 10.2 Å². The van der Waals surface area contributed by atoms with Crippen molar-refractivity contribution in [3.8, 4) is 11.1 Å². The Bertz CT molecular complexity index is 1050. The molecule has 4 nitrogen and oxygen atoms in total. The van der Waals surface area contributed by atoms with Crippen LogP contribution in [0.2, 0.25) is 0 Å². The normalized spacial score (nSPS) is 16.0. The number of aryl methyl sites for hydroxylation is 1. The van der Waals surface area contributed by atoms with E-state index in [1.54, 1.807) is 11.3 Å². The fraction of sp³-hybridized carbons (Fsp3) is 0.429. The van der Waals surface area contributed by atoms with Crippen LogP contribution in [0.4, 0.5) is 5.69 Å². The van der Waals surface area contributed by atoms with Crippen LogP contribution in [0, 0.1) is 12.8 Å². The number of likely N-dealkylation sites (tertiary alicyclic amines) is 1. The van der Waals surface area contributed by atoms with Crippen molar-refractivity contribution >= 4 is 22.9 Å². The highest BCUT2D eigenvalue weighted by Gasteiger charge is 2.25. The number of rotatable bonds is 8. The summed E-state index contributed by atoms with van der Waals surface area (Å²) >= 11 is 1.63. The number of nitrogens with one attached hydrogen (secondary N) is 1. The lowest BCUT2D eigenvalue weighted by Crippen LogP contribution is -2.36. The van der Waals surface area contributed by atoms with Gasteiger partial charge in [0.25, 0.3) is 5.91 Å². The maximum Gasteiger partial charge on any atom is 0.275 e. The van der Waals surface area contributed by atoms with E-state index in [1.807, 2.05) is 29.6 Å². The van der Waals surface area contributed by atoms with Gasteiger partial charge in [0.1, 0.15) is 5.69 Å². The van der Waals surface area contributed by atoms with E-state index in [0.717, 1.165) is 53.7 Å². The summed E-state index contributed by atoms with van der Waals surface area (Å²) in [5.41, 5.74) is 4.67. The zero-order chi connectivity index (χ0) is 23.2. The Balaban J connectivity index is 1.38. The third-order valence-electron chi connectivity index (χ3n) is 6.58. The molecule has 0 saturated carbocycles. The van der Waals surface area contributed by atoms with Crippen molar-refractivity contribution in [2.45, 2.75) is 52.4 Å². The summed E-state index contributed by atoms with van der Waals surface area (Å²) in [6, 6.07) is 16.3. The fourth-order valence-corrected chi connectivity index (χ4v) is 5.70. The molecule has 33 heavy (non-hydrogen) atoms. The molecule has 2 aromatic carbocycles. The third-order valence-corrected chi connectivity index (χ3v) is 7.59. The quantitative estimate of drug-likeness (QED) is 0.393. The molecule has 4 rings (SSSR count). The molecule has 1 amide bonds. The second kappa shape index (κ2) is 11.1. The summed E-state index contributed by atoms with van der Waals surface area (Å²) < 4.78 is 0. The Morgan fingerprint density at radius 2 is 1.88 bits per heavy atom. The van der Waals surface area contributed by atoms with Gasteiger partial charge in [0, 0.05) is 29.1 Å². The van der Waals surface area contributed by atoms with Crippen molar-refractivity contribution in [1.29, 1.82) is 0 Å². The van der Waals surface area contributed by atoms with Crippen LogP contribution in [0.25, 0.3) is 11.1 Å². The molecule has 5 heteroatoms. The van der Waals surface area contributed by atoms with Crippen LogP contribution in [0.5, 0.6) is 0 Å². The van der Waals surface area contributed by atoms with Crippen LogP contribution in [0.1, 0.15) is 66.5 Å². The van der Waals surface area contributed by atoms with Crippen molar-refractivity contribution < 1.29 is 4.79 Å². The van der Waals surface area contributed by atoms with Crippen LogP contribution in [-0.4, -0.2) is 35.4 Å². The molecule has 3 aromatic rings. The summed E-state index contributed by atoms with van der Waals surface area (Å²) in [4.78, 5) is 20.4. The van der Waals surface area contributed by atoms with Gasteiger partial charge in [-0.25, -0.2) is 4.98 Å². The third kappa shape index (κ3) is 6.10. The number of aromatic nitrogens is 1. The SMILES string of the molecule is CCCC(C)CN1CCC(c2nc(C(=O)Nc3ccccc3-c3ccc(C)cc3)cs2)CC1. The molecule has 1 unspecified atom stereocenters. The second-order valence-electron chi connectivity index (χ2n) is 9.41. The van der Waals surface area contributed by atoms with Gasteiger partial charge in [-0.3, -0.25) is 4.79 Å². The van der Waals surface area contributed by atoms with Crippen molar-refractivity contribution in [1.82, 2.24) is 9.88 Å². The average Bonchev–Trinajstić information content (AvgIpc) is 3.31. The van der Waals surface area contributed by atoms with Crippen LogP contribution in [-0.2, 0) is 0 Å². The van der Waals surface area contributed by atoms with E-state index in [1.165, 1.54) is 24.9 Å². The van der Waals surface area contributed by atoms with Gasteiger partial charge in [-0.2, -0.15) is 0 Å². The lowest BCUT2D eigenvalue weighted by Gasteiger charge is -2.32. The minimum Gasteiger partial charge on any atom is -0.320 e. The van der Waals surface area contributed by atoms with E-state index in [0.29, 0.717) is 11.6 Å². The van der Waals surface area contributed by atoms with E-state index in [4.69, 9.17) is 4.98 Å². The number of amides is 1. The Labute approximate surface area is 202 Å². The topological polar surface area (TPSA) is 45.2 Å².